The van der Waals surface area contributed by atoms with Crippen molar-refractivity contribution in [3.8, 4) is 11.3 Å². The van der Waals surface area contributed by atoms with E-state index in [1.165, 1.54) is 0 Å². The molecule has 35 heavy (non-hydrogen) atoms. The lowest BCUT2D eigenvalue weighted by molar-refractivity contribution is 0.757. The Kier molecular flexibility index (Phi) is 5.58. The van der Waals surface area contributed by atoms with E-state index in [1.807, 2.05) is 38.6 Å². The van der Waals surface area contributed by atoms with Crippen LogP contribution in [-0.2, 0) is 7.05 Å². The summed E-state index contributed by atoms with van der Waals surface area (Å²) in [5, 5.41) is 5.75. The molecule has 0 saturated carbocycles. The van der Waals surface area contributed by atoms with Crippen LogP contribution in [0.2, 0.25) is 0 Å². The summed E-state index contributed by atoms with van der Waals surface area (Å²) >= 11 is 0. The van der Waals surface area contributed by atoms with Crippen molar-refractivity contribution >= 4 is 59.5 Å². The number of pyridine rings is 2. The van der Waals surface area contributed by atoms with Crippen molar-refractivity contribution < 1.29 is 0 Å². The number of benzene rings is 1. The van der Waals surface area contributed by atoms with E-state index in [1.54, 1.807) is 0 Å². The molecule has 5 rings (SSSR count). The lowest BCUT2D eigenvalue weighted by Gasteiger charge is -2.43. The smallest absolute Gasteiger partial charge is 0.130 e. The SMILES string of the molecule is BC1(B)CCC(B)(B)N1c1cc(C(=C)Nc2cc3cc(-c4cnc(C)n4C)ccc3cn2)ccn1. The Morgan fingerprint density at radius 1 is 0.943 bits per heavy atom. The fourth-order valence-electron chi connectivity index (χ4n) is 5.37. The minimum Gasteiger partial charge on any atom is -0.377 e. The number of rotatable bonds is 5. The van der Waals surface area contributed by atoms with Crippen LogP contribution < -0.4 is 10.2 Å². The highest BCUT2D eigenvalue weighted by molar-refractivity contribution is 6.48. The minimum absolute atomic E-state index is 0.0634. The zero-order valence-electron chi connectivity index (χ0n) is 21.6. The topological polar surface area (TPSA) is 58.9 Å². The van der Waals surface area contributed by atoms with Crippen molar-refractivity contribution in [3.05, 3.63) is 73.0 Å². The molecule has 0 atom stereocenters. The maximum atomic E-state index is 4.72. The van der Waals surface area contributed by atoms with E-state index in [9.17, 15) is 0 Å². The number of aromatic nitrogens is 4. The lowest BCUT2D eigenvalue weighted by atomic mass is 9.58. The van der Waals surface area contributed by atoms with Crippen molar-refractivity contribution in [2.75, 3.05) is 10.2 Å². The van der Waals surface area contributed by atoms with Crippen molar-refractivity contribution in [2.24, 2.45) is 7.05 Å². The summed E-state index contributed by atoms with van der Waals surface area (Å²) in [4.78, 5) is 16.2. The van der Waals surface area contributed by atoms with Crippen molar-refractivity contribution in [2.45, 2.75) is 30.4 Å². The highest BCUT2D eigenvalue weighted by atomic mass is 15.3. The number of nitrogens with zero attached hydrogens (tertiary/aromatic N) is 5. The average molecular weight is 458 g/mol. The van der Waals surface area contributed by atoms with E-state index in [0.717, 1.165) is 63.6 Å². The molecule has 0 amide bonds. The van der Waals surface area contributed by atoms with Gasteiger partial charge in [0.25, 0.3) is 0 Å². The second kappa shape index (κ2) is 8.36. The summed E-state index contributed by atoms with van der Waals surface area (Å²) < 4.78 is 2.10. The molecule has 0 unspecified atom stereocenters. The second-order valence-electron chi connectivity index (χ2n) is 10.8. The van der Waals surface area contributed by atoms with E-state index >= 15 is 0 Å². The van der Waals surface area contributed by atoms with Crippen LogP contribution in [0.4, 0.5) is 11.6 Å². The van der Waals surface area contributed by atoms with Gasteiger partial charge in [0.2, 0.25) is 0 Å². The number of anilines is 2. The van der Waals surface area contributed by atoms with Gasteiger partial charge in [0.1, 0.15) is 48.8 Å². The molecule has 0 bridgehead atoms. The molecule has 1 saturated heterocycles. The van der Waals surface area contributed by atoms with Crippen LogP contribution in [0, 0.1) is 6.92 Å². The van der Waals surface area contributed by atoms with Crippen LogP contribution in [0.25, 0.3) is 27.7 Å². The number of fused-ring (bicyclic) bond motifs is 1. The van der Waals surface area contributed by atoms with Gasteiger partial charge in [0.15, 0.2) is 0 Å². The van der Waals surface area contributed by atoms with Gasteiger partial charge in [-0.1, -0.05) is 18.7 Å². The molecule has 6 nitrogen and oxygen atoms in total. The molecular formula is C25H30B4N6. The van der Waals surface area contributed by atoms with Gasteiger partial charge in [-0.05, 0) is 60.1 Å². The van der Waals surface area contributed by atoms with Crippen LogP contribution >= 0.6 is 0 Å². The van der Waals surface area contributed by atoms with Crippen molar-refractivity contribution in [3.63, 3.8) is 0 Å². The zero-order valence-corrected chi connectivity index (χ0v) is 21.6. The molecule has 1 N–H and O–H groups in total. The largest absolute Gasteiger partial charge is 0.377 e. The molecule has 1 aliphatic heterocycles. The van der Waals surface area contributed by atoms with E-state index in [-0.39, 0.29) is 10.7 Å². The third kappa shape index (κ3) is 4.26. The molecule has 3 aromatic heterocycles. The Bertz CT molecular complexity index is 1430. The Balaban J connectivity index is 1.42. The molecular weight excluding hydrogens is 428 g/mol. The molecule has 0 aliphatic carbocycles. The molecule has 1 aliphatic rings. The van der Waals surface area contributed by atoms with Crippen molar-refractivity contribution in [1.82, 2.24) is 19.5 Å². The molecule has 1 fully saturated rings. The van der Waals surface area contributed by atoms with Gasteiger partial charge < -0.3 is 14.8 Å². The highest BCUT2D eigenvalue weighted by Crippen LogP contribution is 2.38. The number of nitrogens with one attached hydrogen (secondary N) is 1. The van der Waals surface area contributed by atoms with E-state index in [2.05, 4.69) is 93.0 Å². The zero-order chi connectivity index (χ0) is 25.0. The van der Waals surface area contributed by atoms with Gasteiger partial charge >= 0.3 is 0 Å². The first kappa shape index (κ1) is 23.3. The van der Waals surface area contributed by atoms with Gasteiger partial charge in [-0.3, -0.25) is 0 Å². The van der Waals surface area contributed by atoms with E-state index in [0.29, 0.717) is 0 Å². The Morgan fingerprint density at radius 2 is 1.69 bits per heavy atom. The molecule has 0 radical (unpaired) electrons. The quantitative estimate of drug-likeness (QED) is 0.451. The number of aryl methyl sites for hydroxylation is 1. The number of imidazole rings is 1. The predicted molar refractivity (Wildman–Crippen MR) is 157 cm³/mol. The number of hydrogen-bond donors (Lipinski definition) is 1. The van der Waals surface area contributed by atoms with Gasteiger partial charge in [0.05, 0.1) is 11.9 Å². The third-order valence-electron chi connectivity index (χ3n) is 7.40. The minimum atomic E-state index is 0.0634. The number of hydrogen-bond acceptors (Lipinski definition) is 5. The van der Waals surface area contributed by atoms with Crippen molar-refractivity contribution in [1.29, 1.82) is 0 Å². The van der Waals surface area contributed by atoms with Gasteiger partial charge in [-0.25, -0.2) is 15.0 Å². The first-order valence-corrected chi connectivity index (χ1v) is 12.2. The highest BCUT2D eigenvalue weighted by Gasteiger charge is 2.44. The second-order valence-corrected chi connectivity index (χ2v) is 10.8. The first-order valence-electron chi connectivity index (χ1n) is 12.2. The maximum Gasteiger partial charge on any atom is 0.130 e. The van der Waals surface area contributed by atoms with Crippen LogP contribution in [0.3, 0.4) is 0 Å². The van der Waals surface area contributed by atoms with Crippen LogP contribution in [0.5, 0.6) is 0 Å². The summed E-state index contributed by atoms with van der Waals surface area (Å²) in [5.41, 5.74) is 4.03. The predicted octanol–water partition coefficient (Wildman–Crippen LogP) is 0.862. The van der Waals surface area contributed by atoms with Gasteiger partial charge in [-0.2, -0.15) is 0 Å². The fraction of sp³-hybridized carbons (Fsp3) is 0.240. The molecule has 0 spiro atoms. The summed E-state index contributed by atoms with van der Waals surface area (Å²) in [7, 11) is 11.2. The third-order valence-corrected chi connectivity index (χ3v) is 7.40. The van der Waals surface area contributed by atoms with Gasteiger partial charge in [0, 0.05) is 41.7 Å². The maximum absolute atomic E-state index is 4.72. The summed E-state index contributed by atoms with van der Waals surface area (Å²) in [6.45, 7) is 6.32. The van der Waals surface area contributed by atoms with Crippen LogP contribution in [-0.4, -0.2) is 61.6 Å². The Hall–Kier alpha value is -3.41. The van der Waals surface area contributed by atoms with E-state index < -0.39 is 0 Å². The van der Waals surface area contributed by atoms with E-state index in [4.69, 9.17) is 4.98 Å². The molecule has 4 aromatic rings. The van der Waals surface area contributed by atoms with Gasteiger partial charge in [-0.15, -0.1) is 0 Å². The first-order chi connectivity index (χ1) is 16.5. The molecule has 172 valence electrons. The molecule has 4 heterocycles. The summed E-state index contributed by atoms with van der Waals surface area (Å²) in [6.07, 6.45) is 7.98. The summed E-state index contributed by atoms with van der Waals surface area (Å²) in [6, 6.07) is 12.6. The normalized spacial score (nSPS) is 16.5. The molecule has 1 aromatic carbocycles. The fourth-order valence-corrected chi connectivity index (χ4v) is 5.37. The molecule has 10 heteroatoms. The lowest BCUT2D eigenvalue weighted by Crippen LogP contribution is -2.56. The summed E-state index contributed by atoms with van der Waals surface area (Å²) in [5.74, 6) is 2.74. The van der Waals surface area contributed by atoms with Crippen LogP contribution in [0.1, 0.15) is 24.2 Å². The Labute approximate surface area is 210 Å². The standard InChI is InChI=1S/C25H30B4N6/c1-15(17-6-9-30-23(12-17)35-24(26,27)7-8-25(35,28)29)33-22-11-20-10-18(4-5-19(20)13-32-22)21-14-31-16(2)34(21)3/h4-6,9-14H,1,7-8,26-29H2,2-3H3,(H,32,33). The van der Waals surface area contributed by atoms with Crippen LogP contribution in [0.15, 0.2) is 61.6 Å². The Morgan fingerprint density at radius 3 is 2.37 bits per heavy atom. The monoisotopic (exact) mass is 458 g/mol. The average Bonchev–Trinajstić information content (AvgIpc) is 3.26.